The standard InChI is InChI=1S/C16H26N2O2/c1-12(2)15-16(20)18(11-9-14(19)17-15)10-8-13-6-4-3-5-7-13/h6,12,15H,3-5,7-11H2,1-2H3,(H,17,19). The molecule has 0 spiro atoms. The minimum Gasteiger partial charge on any atom is -0.344 e. The fourth-order valence-corrected chi connectivity index (χ4v) is 2.93. The van der Waals surface area contributed by atoms with E-state index in [2.05, 4.69) is 11.4 Å². The first-order valence-electron chi connectivity index (χ1n) is 7.84. The molecule has 112 valence electrons. The summed E-state index contributed by atoms with van der Waals surface area (Å²) in [5.41, 5.74) is 1.48. The topological polar surface area (TPSA) is 49.4 Å². The van der Waals surface area contributed by atoms with Gasteiger partial charge in [-0.25, -0.2) is 0 Å². The molecule has 1 atom stereocenters. The summed E-state index contributed by atoms with van der Waals surface area (Å²) < 4.78 is 0. The Kier molecular flexibility index (Phi) is 5.21. The van der Waals surface area contributed by atoms with Gasteiger partial charge in [0.25, 0.3) is 0 Å². The SMILES string of the molecule is CC(C)C1NC(=O)CCN(CCC2=CCCCC2)C1=O. The van der Waals surface area contributed by atoms with Crippen LogP contribution in [0.4, 0.5) is 0 Å². The van der Waals surface area contributed by atoms with Gasteiger partial charge >= 0.3 is 0 Å². The number of hydrogen-bond donors (Lipinski definition) is 1. The molecule has 0 aromatic heterocycles. The van der Waals surface area contributed by atoms with Gasteiger partial charge in [-0.15, -0.1) is 0 Å². The average Bonchev–Trinajstić information content (AvgIpc) is 2.58. The molecule has 1 saturated heterocycles. The molecule has 0 bridgehead atoms. The number of nitrogens with zero attached hydrogens (tertiary/aromatic N) is 1. The Morgan fingerprint density at radius 2 is 2.10 bits per heavy atom. The van der Waals surface area contributed by atoms with Gasteiger partial charge in [0.1, 0.15) is 6.04 Å². The summed E-state index contributed by atoms with van der Waals surface area (Å²) >= 11 is 0. The smallest absolute Gasteiger partial charge is 0.245 e. The maximum Gasteiger partial charge on any atom is 0.245 e. The van der Waals surface area contributed by atoms with Crippen molar-refractivity contribution in [2.24, 2.45) is 5.92 Å². The summed E-state index contributed by atoms with van der Waals surface area (Å²) in [5, 5.41) is 2.85. The van der Waals surface area contributed by atoms with Crippen molar-refractivity contribution in [1.29, 1.82) is 0 Å². The van der Waals surface area contributed by atoms with Crippen LogP contribution in [0.5, 0.6) is 0 Å². The lowest BCUT2D eigenvalue weighted by molar-refractivity contribution is -0.134. The average molecular weight is 278 g/mol. The maximum atomic E-state index is 12.5. The summed E-state index contributed by atoms with van der Waals surface area (Å²) in [6.45, 7) is 5.27. The van der Waals surface area contributed by atoms with Gasteiger partial charge in [0.2, 0.25) is 11.8 Å². The van der Waals surface area contributed by atoms with Crippen LogP contribution in [0.15, 0.2) is 11.6 Å². The summed E-state index contributed by atoms with van der Waals surface area (Å²) in [6, 6.07) is -0.356. The number of rotatable bonds is 4. The zero-order valence-corrected chi connectivity index (χ0v) is 12.7. The van der Waals surface area contributed by atoms with E-state index in [0.717, 1.165) is 13.0 Å². The van der Waals surface area contributed by atoms with E-state index in [1.54, 1.807) is 0 Å². The van der Waals surface area contributed by atoms with Crippen molar-refractivity contribution in [3.05, 3.63) is 11.6 Å². The number of nitrogens with one attached hydrogen (secondary N) is 1. The second-order valence-electron chi connectivity index (χ2n) is 6.22. The van der Waals surface area contributed by atoms with Gasteiger partial charge in [0, 0.05) is 19.5 Å². The summed E-state index contributed by atoms with van der Waals surface area (Å²) in [6.07, 6.45) is 8.63. The van der Waals surface area contributed by atoms with Crippen molar-refractivity contribution in [2.75, 3.05) is 13.1 Å². The Morgan fingerprint density at radius 3 is 2.75 bits per heavy atom. The summed E-state index contributed by atoms with van der Waals surface area (Å²) in [7, 11) is 0. The molecule has 0 saturated carbocycles. The summed E-state index contributed by atoms with van der Waals surface area (Å²) in [4.78, 5) is 26.1. The minimum atomic E-state index is -0.356. The van der Waals surface area contributed by atoms with E-state index in [4.69, 9.17) is 0 Å². The van der Waals surface area contributed by atoms with E-state index in [1.165, 1.54) is 31.3 Å². The van der Waals surface area contributed by atoms with Gasteiger partial charge < -0.3 is 10.2 Å². The molecule has 2 amide bonds. The lowest BCUT2D eigenvalue weighted by Crippen LogP contribution is -2.47. The maximum absolute atomic E-state index is 12.5. The number of allylic oxidation sites excluding steroid dienone is 1. The Bertz CT molecular complexity index is 401. The highest BCUT2D eigenvalue weighted by atomic mass is 16.2. The fraction of sp³-hybridized carbons (Fsp3) is 0.750. The Morgan fingerprint density at radius 1 is 1.30 bits per heavy atom. The third-order valence-corrected chi connectivity index (χ3v) is 4.26. The molecule has 0 aromatic carbocycles. The number of hydrogen-bond acceptors (Lipinski definition) is 2. The molecule has 1 aliphatic carbocycles. The van der Waals surface area contributed by atoms with Crippen LogP contribution in [-0.2, 0) is 9.59 Å². The predicted octanol–water partition coefficient (Wildman–Crippen LogP) is 2.25. The number of carbonyl (C=O) groups excluding carboxylic acids is 2. The van der Waals surface area contributed by atoms with Crippen LogP contribution in [0.2, 0.25) is 0 Å². The van der Waals surface area contributed by atoms with Gasteiger partial charge in [-0.1, -0.05) is 25.5 Å². The largest absolute Gasteiger partial charge is 0.344 e. The molecule has 1 aliphatic heterocycles. The molecule has 2 rings (SSSR count). The molecule has 1 unspecified atom stereocenters. The lowest BCUT2D eigenvalue weighted by atomic mass is 9.97. The van der Waals surface area contributed by atoms with Gasteiger partial charge in [-0.3, -0.25) is 9.59 Å². The van der Waals surface area contributed by atoms with Gasteiger partial charge in [-0.05, 0) is 38.0 Å². The van der Waals surface area contributed by atoms with E-state index >= 15 is 0 Å². The zero-order chi connectivity index (χ0) is 14.5. The fourth-order valence-electron chi connectivity index (χ4n) is 2.93. The van der Waals surface area contributed by atoms with Crippen molar-refractivity contribution in [2.45, 2.75) is 58.4 Å². The Hall–Kier alpha value is -1.32. The van der Waals surface area contributed by atoms with Crippen molar-refractivity contribution >= 4 is 11.8 Å². The lowest BCUT2D eigenvalue weighted by Gasteiger charge is -2.26. The number of carbonyl (C=O) groups is 2. The molecule has 20 heavy (non-hydrogen) atoms. The van der Waals surface area contributed by atoms with E-state index in [1.807, 2.05) is 18.7 Å². The third kappa shape index (κ3) is 3.84. The van der Waals surface area contributed by atoms with Crippen LogP contribution in [-0.4, -0.2) is 35.8 Å². The highest BCUT2D eigenvalue weighted by Crippen LogP contribution is 2.21. The quantitative estimate of drug-likeness (QED) is 0.802. The van der Waals surface area contributed by atoms with Crippen LogP contribution in [0.3, 0.4) is 0 Å². The van der Waals surface area contributed by atoms with Crippen molar-refractivity contribution in [3.8, 4) is 0 Å². The molecule has 1 fully saturated rings. The van der Waals surface area contributed by atoms with E-state index in [0.29, 0.717) is 13.0 Å². The second-order valence-corrected chi connectivity index (χ2v) is 6.22. The summed E-state index contributed by atoms with van der Waals surface area (Å²) in [5.74, 6) is 0.222. The van der Waals surface area contributed by atoms with Crippen LogP contribution >= 0.6 is 0 Å². The zero-order valence-electron chi connectivity index (χ0n) is 12.7. The van der Waals surface area contributed by atoms with Crippen molar-refractivity contribution < 1.29 is 9.59 Å². The van der Waals surface area contributed by atoms with Crippen molar-refractivity contribution in [3.63, 3.8) is 0 Å². The molecule has 4 heteroatoms. The molecular weight excluding hydrogens is 252 g/mol. The normalized spacial score (nSPS) is 24.4. The minimum absolute atomic E-state index is 0.00330. The molecule has 1 N–H and O–H groups in total. The Labute approximate surface area is 121 Å². The highest BCUT2D eigenvalue weighted by Gasteiger charge is 2.31. The molecule has 0 radical (unpaired) electrons. The third-order valence-electron chi connectivity index (χ3n) is 4.26. The van der Waals surface area contributed by atoms with E-state index in [-0.39, 0.29) is 23.8 Å². The number of amides is 2. The van der Waals surface area contributed by atoms with Crippen molar-refractivity contribution in [1.82, 2.24) is 10.2 Å². The molecule has 0 aromatic rings. The Balaban J connectivity index is 1.96. The van der Waals surface area contributed by atoms with Crippen LogP contribution in [0, 0.1) is 5.92 Å². The van der Waals surface area contributed by atoms with Crippen LogP contribution in [0.25, 0.3) is 0 Å². The molecule has 2 aliphatic rings. The van der Waals surface area contributed by atoms with Crippen LogP contribution in [0.1, 0.15) is 52.4 Å². The molecule has 1 heterocycles. The first-order valence-corrected chi connectivity index (χ1v) is 7.84. The van der Waals surface area contributed by atoms with E-state index < -0.39 is 0 Å². The molecule has 4 nitrogen and oxygen atoms in total. The van der Waals surface area contributed by atoms with E-state index in [9.17, 15) is 9.59 Å². The van der Waals surface area contributed by atoms with Gasteiger partial charge in [0.15, 0.2) is 0 Å². The van der Waals surface area contributed by atoms with Crippen LogP contribution < -0.4 is 5.32 Å². The second kappa shape index (κ2) is 6.91. The monoisotopic (exact) mass is 278 g/mol. The molecular formula is C16H26N2O2. The first kappa shape index (κ1) is 15.1. The predicted molar refractivity (Wildman–Crippen MR) is 79.1 cm³/mol. The van der Waals surface area contributed by atoms with Gasteiger partial charge in [0.05, 0.1) is 0 Å². The van der Waals surface area contributed by atoms with Gasteiger partial charge in [-0.2, -0.15) is 0 Å². The first-order chi connectivity index (χ1) is 9.58. The highest BCUT2D eigenvalue weighted by molar-refractivity contribution is 5.90.